The van der Waals surface area contributed by atoms with Crippen molar-refractivity contribution in [1.29, 1.82) is 0 Å². The van der Waals surface area contributed by atoms with Gasteiger partial charge in [-0.3, -0.25) is 14.4 Å². The summed E-state index contributed by atoms with van der Waals surface area (Å²) < 4.78 is 27.1. The number of benzene rings is 2. The Kier molecular flexibility index (Phi) is 4.63. The van der Waals surface area contributed by atoms with Crippen LogP contribution in [-0.2, 0) is 14.8 Å². The van der Waals surface area contributed by atoms with Crippen LogP contribution in [0.5, 0.6) is 11.5 Å². The zero-order valence-electron chi connectivity index (χ0n) is 15.5. The number of aromatic hydroxyl groups is 2. The number of piperidine rings is 1. The quantitative estimate of drug-likeness (QED) is 0.526. The standard InChI is InChI=1S/C20H17NO8S/c22-16-11-5-1-2-6-12(11)17(23)15-13(16)8-14(18(24)19(15)25)30(28,29)21-7-3-4-10(9-21)20(26)27/h1-2,5-6,8,10,24-25H,3-4,7,9H2,(H,26,27)/t10-/m1/s1. The molecule has 0 bridgehead atoms. The molecule has 9 nitrogen and oxygen atoms in total. The van der Waals surface area contributed by atoms with Crippen molar-refractivity contribution in [3.8, 4) is 11.5 Å². The molecule has 1 fully saturated rings. The molecule has 30 heavy (non-hydrogen) atoms. The van der Waals surface area contributed by atoms with Gasteiger partial charge in [0.1, 0.15) is 4.90 Å². The molecule has 1 atom stereocenters. The molecular formula is C20H17NO8S. The average Bonchev–Trinajstić information content (AvgIpc) is 2.73. The molecule has 1 heterocycles. The molecule has 0 aromatic heterocycles. The third-order valence-corrected chi connectivity index (χ3v) is 7.36. The maximum atomic E-state index is 13.1. The lowest BCUT2D eigenvalue weighted by Gasteiger charge is -2.30. The Morgan fingerprint density at radius 3 is 2.27 bits per heavy atom. The highest BCUT2D eigenvalue weighted by atomic mass is 32.2. The molecule has 1 aliphatic carbocycles. The number of carboxylic acid groups (broad SMARTS) is 1. The van der Waals surface area contributed by atoms with Crippen LogP contribution in [0.4, 0.5) is 0 Å². The van der Waals surface area contributed by atoms with Gasteiger partial charge in [-0.2, -0.15) is 4.31 Å². The number of nitrogens with zero attached hydrogens (tertiary/aromatic N) is 1. The van der Waals surface area contributed by atoms with E-state index < -0.39 is 55.4 Å². The third-order valence-electron chi connectivity index (χ3n) is 5.48. The number of fused-ring (bicyclic) bond motifs is 2. The van der Waals surface area contributed by atoms with Crippen molar-refractivity contribution >= 4 is 27.6 Å². The van der Waals surface area contributed by atoms with Gasteiger partial charge in [-0.15, -0.1) is 0 Å². The first-order valence-electron chi connectivity index (χ1n) is 9.15. The van der Waals surface area contributed by atoms with Gasteiger partial charge in [0.2, 0.25) is 10.0 Å². The minimum absolute atomic E-state index is 0.0269. The van der Waals surface area contributed by atoms with E-state index in [2.05, 4.69) is 0 Å². The predicted molar refractivity (Wildman–Crippen MR) is 102 cm³/mol. The highest BCUT2D eigenvalue weighted by molar-refractivity contribution is 7.89. The maximum absolute atomic E-state index is 13.1. The maximum Gasteiger partial charge on any atom is 0.307 e. The molecule has 10 heteroatoms. The number of hydrogen-bond acceptors (Lipinski definition) is 7. The molecule has 1 saturated heterocycles. The van der Waals surface area contributed by atoms with Crippen LogP contribution in [0.2, 0.25) is 0 Å². The fourth-order valence-corrected chi connectivity index (χ4v) is 5.53. The second-order valence-electron chi connectivity index (χ2n) is 7.24. The Hall–Kier alpha value is -3.24. The topological polar surface area (TPSA) is 149 Å². The van der Waals surface area contributed by atoms with E-state index in [-0.39, 0.29) is 29.8 Å². The van der Waals surface area contributed by atoms with Crippen molar-refractivity contribution in [2.24, 2.45) is 5.92 Å². The molecule has 4 rings (SSSR count). The summed E-state index contributed by atoms with van der Waals surface area (Å²) in [5.41, 5.74) is -0.690. The second kappa shape index (κ2) is 6.92. The van der Waals surface area contributed by atoms with Crippen LogP contribution in [0.1, 0.15) is 44.7 Å². The molecule has 0 radical (unpaired) electrons. The molecular weight excluding hydrogens is 414 g/mol. The van der Waals surface area contributed by atoms with Crippen LogP contribution in [0.3, 0.4) is 0 Å². The predicted octanol–water partition coefficient (Wildman–Crippen LogP) is 1.36. The number of hydrogen-bond donors (Lipinski definition) is 3. The van der Waals surface area contributed by atoms with Crippen molar-refractivity contribution in [3.05, 3.63) is 52.6 Å². The highest BCUT2D eigenvalue weighted by Gasteiger charge is 2.39. The summed E-state index contributed by atoms with van der Waals surface area (Å²) in [6.07, 6.45) is 0.616. The smallest absolute Gasteiger partial charge is 0.307 e. The van der Waals surface area contributed by atoms with Crippen molar-refractivity contribution in [2.75, 3.05) is 13.1 Å². The molecule has 2 aromatic carbocycles. The SMILES string of the molecule is O=C1c2ccccc2C(=O)c2c1cc(S(=O)(=O)N1CCC[C@@H](C(=O)O)C1)c(O)c2O. The summed E-state index contributed by atoms with van der Waals surface area (Å²) in [6.45, 7) is -0.274. The summed E-state index contributed by atoms with van der Waals surface area (Å²) in [6, 6.07) is 6.78. The minimum Gasteiger partial charge on any atom is -0.504 e. The Morgan fingerprint density at radius 1 is 1.00 bits per heavy atom. The number of carboxylic acids is 1. The molecule has 1 aliphatic heterocycles. The lowest BCUT2D eigenvalue weighted by atomic mass is 9.83. The third kappa shape index (κ3) is 2.87. The summed E-state index contributed by atoms with van der Waals surface area (Å²) in [5, 5.41) is 30.1. The van der Waals surface area contributed by atoms with Gasteiger partial charge in [0.15, 0.2) is 23.1 Å². The average molecular weight is 431 g/mol. The second-order valence-corrected chi connectivity index (χ2v) is 9.15. The number of carbonyl (C=O) groups is 3. The van der Waals surface area contributed by atoms with E-state index in [0.717, 1.165) is 10.4 Å². The van der Waals surface area contributed by atoms with Gasteiger partial charge in [-0.25, -0.2) is 8.42 Å². The van der Waals surface area contributed by atoms with E-state index in [0.29, 0.717) is 12.8 Å². The van der Waals surface area contributed by atoms with Crippen molar-refractivity contribution in [2.45, 2.75) is 17.7 Å². The molecule has 0 amide bonds. The monoisotopic (exact) mass is 431 g/mol. The molecule has 0 spiro atoms. The number of phenols is 2. The van der Waals surface area contributed by atoms with Crippen LogP contribution in [0, 0.1) is 5.92 Å². The van der Waals surface area contributed by atoms with E-state index in [1.165, 1.54) is 12.1 Å². The van der Waals surface area contributed by atoms with Crippen LogP contribution in [0.25, 0.3) is 0 Å². The van der Waals surface area contributed by atoms with Crippen LogP contribution in [-0.4, -0.2) is 58.7 Å². The van der Waals surface area contributed by atoms with Crippen molar-refractivity contribution in [3.63, 3.8) is 0 Å². The molecule has 0 saturated carbocycles. The lowest BCUT2D eigenvalue weighted by Crippen LogP contribution is -2.42. The molecule has 2 aliphatic rings. The summed E-state index contributed by atoms with van der Waals surface area (Å²) >= 11 is 0. The fraction of sp³-hybridized carbons (Fsp3) is 0.250. The Bertz CT molecular complexity index is 1220. The van der Waals surface area contributed by atoms with Crippen LogP contribution >= 0.6 is 0 Å². The molecule has 2 aromatic rings. The van der Waals surface area contributed by atoms with Gasteiger partial charge in [0.05, 0.1) is 11.5 Å². The fourth-order valence-electron chi connectivity index (χ4n) is 3.90. The molecule has 3 N–H and O–H groups in total. The largest absolute Gasteiger partial charge is 0.504 e. The minimum atomic E-state index is -4.44. The number of aliphatic carboxylic acids is 1. The molecule has 0 unspecified atom stereocenters. The van der Waals surface area contributed by atoms with Gasteiger partial charge < -0.3 is 15.3 Å². The van der Waals surface area contributed by atoms with E-state index in [9.17, 15) is 38.1 Å². The van der Waals surface area contributed by atoms with Gasteiger partial charge >= 0.3 is 5.97 Å². The first-order chi connectivity index (χ1) is 14.1. The number of ketones is 2. The van der Waals surface area contributed by atoms with E-state index in [4.69, 9.17) is 0 Å². The van der Waals surface area contributed by atoms with Gasteiger partial charge in [0.25, 0.3) is 0 Å². The van der Waals surface area contributed by atoms with Gasteiger partial charge in [-0.1, -0.05) is 24.3 Å². The Morgan fingerprint density at radius 2 is 1.63 bits per heavy atom. The summed E-state index contributed by atoms with van der Waals surface area (Å²) in [4.78, 5) is 36.2. The van der Waals surface area contributed by atoms with E-state index >= 15 is 0 Å². The Balaban J connectivity index is 1.85. The van der Waals surface area contributed by atoms with E-state index in [1.807, 2.05) is 0 Å². The number of carbonyl (C=O) groups excluding carboxylic acids is 2. The lowest BCUT2D eigenvalue weighted by molar-refractivity contribution is -0.142. The van der Waals surface area contributed by atoms with E-state index in [1.54, 1.807) is 12.1 Å². The summed E-state index contributed by atoms with van der Waals surface area (Å²) in [5.74, 6) is -5.45. The van der Waals surface area contributed by atoms with Crippen molar-refractivity contribution < 1.29 is 38.1 Å². The molecule has 156 valence electrons. The number of rotatable bonds is 3. The zero-order valence-corrected chi connectivity index (χ0v) is 16.3. The number of phenolic OH excluding ortho intramolecular Hbond substituents is 2. The van der Waals surface area contributed by atoms with Gasteiger partial charge in [0, 0.05) is 29.8 Å². The normalized spacial score (nSPS) is 19.3. The first kappa shape index (κ1) is 20.0. The first-order valence-corrected chi connectivity index (χ1v) is 10.6. The highest BCUT2D eigenvalue weighted by Crippen LogP contribution is 2.43. The van der Waals surface area contributed by atoms with Gasteiger partial charge in [-0.05, 0) is 18.9 Å². The number of sulfonamides is 1. The Labute approximate surface area is 171 Å². The zero-order chi connectivity index (χ0) is 21.8. The van der Waals surface area contributed by atoms with Crippen molar-refractivity contribution in [1.82, 2.24) is 4.31 Å². The van der Waals surface area contributed by atoms with Crippen LogP contribution < -0.4 is 0 Å². The van der Waals surface area contributed by atoms with Crippen LogP contribution in [0.15, 0.2) is 35.2 Å². The summed E-state index contributed by atoms with van der Waals surface area (Å²) in [7, 11) is -4.44.